The summed E-state index contributed by atoms with van der Waals surface area (Å²) >= 11 is 0. The van der Waals surface area contributed by atoms with E-state index in [-0.39, 0.29) is 5.91 Å². The zero-order chi connectivity index (χ0) is 16.9. The van der Waals surface area contributed by atoms with Crippen molar-refractivity contribution in [1.82, 2.24) is 15.3 Å². The van der Waals surface area contributed by atoms with E-state index in [1.54, 1.807) is 12.3 Å². The molecule has 5 nitrogen and oxygen atoms in total. The molecule has 24 heavy (non-hydrogen) atoms. The monoisotopic (exact) mass is 326 g/mol. The number of hydrogen-bond acceptors (Lipinski definition) is 4. The summed E-state index contributed by atoms with van der Waals surface area (Å²) in [5, 5.41) is 6.24. The smallest absolute Gasteiger partial charge is 0.225 e. The molecule has 2 N–H and O–H groups in total. The lowest BCUT2D eigenvalue weighted by Gasteiger charge is -2.05. The van der Waals surface area contributed by atoms with Gasteiger partial charge in [0.1, 0.15) is 12.1 Å². The number of nitrogens with zero attached hydrogens (tertiary/aromatic N) is 2. The third-order valence-corrected chi connectivity index (χ3v) is 3.78. The Hall–Kier alpha value is -2.27. The number of anilines is 1. The van der Waals surface area contributed by atoms with Crippen molar-refractivity contribution in [2.24, 2.45) is 0 Å². The zero-order valence-electron chi connectivity index (χ0n) is 14.1. The van der Waals surface area contributed by atoms with Crippen LogP contribution < -0.4 is 10.6 Å². The number of rotatable bonds is 11. The standard InChI is InChI=1S/C19H26N4O/c24-19(23-18-12-14-21-16-22-18)11-7-2-1-3-8-13-20-15-17-9-5-4-6-10-17/h4-6,9-10,12,14,16,20H,1-3,7-8,11,13,15H2,(H,21,22,23,24). The average molecular weight is 326 g/mol. The minimum absolute atomic E-state index is 0.0261. The topological polar surface area (TPSA) is 66.9 Å². The zero-order valence-corrected chi connectivity index (χ0v) is 14.1. The predicted octanol–water partition coefficient (Wildman–Crippen LogP) is 3.55. The third-order valence-electron chi connectivity index (χ3n) is 3.78. The highest BCUT2D eigenvalue weighted by Gasteiger charge is 2.02. The van der Waals surface area contributed by atoms with Crippen molar-refractivity contribution < 1.29 is 4.79 Å². The molecule has 0 spiro atoms. The fraction of sp³-hybridized carbons (Fsp3) is 0.421. The van der Waals surface area contributed by atoms with E-state index in [0.717, 1.165) is 25.9 Å². The van der Waals surface area contributed by atoms with E-state index in [1.807, 2.05) is 6.07 Å². The highest BCUT2D eigenvalue weighted by atomic mass is 16.1. The van der Waals surface area contributed by atoms with Crippen LogP contribution in [0.25, 0.3) is 0 Å². The second-order valence-electron chi connectivity index (χ2n) is 5.82. The first-order chi connectivity index (χ1) is 11.8. The predicted molar refractivity (Wildman–Crippen MR) is 96.5 cm³/mol. The first-order valence-electron chi connectivity index (χ1n) is 8.65. The van der Waals surface area contributed by atoms with E-state index < -0.39 is 0 Å². The largest absolute Gasteiger partial charge is 0.313 e. The van der Waals surface area contributed by atoms with Crippen LogP contribution in [0.5, 0.6) is 0 Å². The molecule has 0 aliphatic heterocycles. The van der Waals surface area contributed by atoms with E-state index in [9.17, 15) is 4.79 Å². The molecule has 5 heteroatoms. The molecule has 0 aliphatic rings. The van der Waals surface area contributed by atoms with Gasteiger partial charge in [-0.15, -0.1) is 0 Å². The van der Waals surface area contributed by atoms with Gasteiger partial charge in [-0.2, -0.15) is 0 Å². The number of carbonyl (C=O) groups is 1. The van der Waals surface area contributed by atoms with Gasteiger partial charge in [0, 0.05) is 19.2 Å². The molecule has 1 heterocycles. The molecule has 1 aromatic heterocycles. The van der Waals surface area contributed by atoms with Crippen molar-refractivity contribution in [3.05, 3.63) is 54.5 Å². The quantitative estimate of drug-likeness (QED) is 0.620. The van der Waals surface area contributed by atoms with Crippen LogP contribution in [0.3, 0.4) is 0 Å². The number of unbranched alkanes of at least 4 members (excludes halogenated alkanes) is 4. The number of carbonyl (C=O) groups excluding carboxylic acids is 1. The van der Waals surface area contributed by atoms with Gasteiger partial charge in [-0.05, 0) is 31.0 Å². The molecule has 1 amide bonds. The second kappa shape index (κ2) is 11.3. The van der Waals surface area contributed by atoms with E-state index in [4.69, 9.17) is 0 Å². The van der Waals surface area contributed by atoms with E-state index >= 15 is 0 Å². The van der Waals surface area contributed by atoms with Crippen LogP contribution >= 0.6 is 0 Å². The van der Waals surface area contributed by atoms with Gasteiger partial charge in [-0.1, -0.05) is 49.6 Å². The lowest BCUT2D eigenvalue weighted by atomic mass is 10.1. The number of hydrogen-bond donors (Lipinski definition) is 2. The first kappa shape index (κ1) is 18.1. The van der Waals surface area contributed by atoms with Crippen LogP contribution in [0.1, 0.15) is 44.1 Å². The summed E-state index contributed by atoms with van der Waals surface area (Å²) in [5.41, 5.74) is 1.33. The molecule has 0 aliphatic carbocycles. The summed E-state index contributed by atoms with van der Waals surface area (Å²) in [6, 6.07) is 12.1. The molecule has 1 aromatic carbocycles. The maximum absolute atomic E-state index is 11.7. The molecular weight excluding hydrogens is 300 g/mol. The molecular formula is C19H26N4O. The summed E-state index contributed by atoms with van der Waals surface area (Å²) in [6.07, 6.45) is 9.18. The molecule has 0 radical (unpaired) electrons. The molecule has 0 unspecified atom stereocenters. The fourth-order valence-corrected chi connectivity index (χ4v) is 2.46. The molecule has 0 bridgehead atoms. The van der Waals surface area contributed by atoms with Crippen LogP contribution in [0.15, 0.2) is 48.9 Å². The molecule has 128 valence electrons. The van der Waals surface area contributed by atoms with Gasteiger partial charge in [-0.25, -0.2) is 9.97 Å². The second-order valence-corrected chi connectivity index (χ2v) is 5.82. The van der Waals surface area contributed by atoms with Gasteiger partial charge in [0.2, 0.25) is 5.91 Å². The lowest BCUT2D eigenvalue weighted by Crippen LogP contribution is -2.14. The number of benzene rings is 1. The molecule has 0 saturated carbocycles. The molecule has 0 atom stereocenters. The van der Waals surface area contributed by atoms with Crippen molar-refractivity contribution >= 4 is 11.7 Å². The minimum Gasteiger partial charge on any atom is -0.313 e. The Morgan fingerprint density at radius 1 is 0.958 bits per heavy atom. The van der Waals surface area contributed by atoms with Crippen LogP contribution in [-0.2, 0) is 11.3 Å². The average Bonchev–Trinajstić information content (AvgIpc) is 2.62. The van der Waals surface area contributed by atoms with Gasteiger partial charge in [-0.3, -0.25) is 4.79 Å². The van der Waals surface area contributed by atoms with Gasteiger partial charge < -0.3 is 10.6 Å². The van der Waals surface area contributed by atoms with Crippen LogP contribution in [0, 0.1) is 0 Å². The Morgan fingerprint density at radius 2 is 1.75 bits per heavy atom. The first-order valence-corrected chi connectivity index (χ1v) is 8.65. The van der Waals surface area contributed by atoms with Gasteiger partial charge >= 0.3 is 0 Å². The Bertz CT molecular complexity index is 574. The number of amides is 1. The molecule has 0 fully saturated rings. The van der Waals surface area contributed by atoms with Crippen molar-refractivity contribution in [3.63, 3.8) is 0 Å². The van der Waals surface area contributed by atoms with Gasteiger partial charge in [0.05, 0.1) is 0 Å². The SMILES string of the molecule is O=C(CCCCCCCNCc1ccccc1)Nc1ccncn1. The lowest BCUT2D eigenvalue weighted by molar-refractivity contribution is -0.116. The van der Waals surface area contributed by atoms with Crippen molar-refractivity contribution in [1.29, 1.82) is 0 Å². The highest BCUT2D eigenvalue weighted by Crippen LogP contribution is 2.07. The summed E-state index contributed by atoms with van der Waals surface area (Å²) in [5.74, 6) is 0.595. The summed E-state index contributed by atoms with van der Waals surface area (Å²) in [7, 11) is 0. The van der Waals surface area contributed by atoms with Crippen molar-refractivity contribution in [2.75, 3.05) is 11.9 Å². The summed E-state index contributed by atoms with van der Waals surface area (Å²) < 4.78 is 0. The maximum Gasteiger partial charge on any atom is 0.225 e. The third kappa shape index (κ3) is 7.83. The number of nitrogens with one attached hydrogen (secondary N) is 2. The van der Waals surface area contributed by atoms with Gasteiger partial charge in [0.25, 0.3) is 0 Å². The summed E-state index contributed by atoms with van der Waals surface area (Å²) in [6.45, 7) is 1.98. The Morgan fingerprint density at radius 3 is 2.54 bits per heavy atom. The molecule has 0 saturated heterocycles. The van der Waals surface area contributed by atoms with E-state index in [0.29, 0.717) is 12.2 Å². The Balaban J connectivity index is 1.41. The number of aromatic nitrogens is 2. The van der Waals surface area contributed by atoms with Crippen LogP contribution in [0.4, 0.5) is 5.82 Å². The van der Waals surface area contributed by atoms with E-state index in [2.05, 4.69) is 44.9 Å². The molecule has 2 rings (SSSR count). The normalized spacial score (nSPS) is 10.5. The maximum atomic E-state index is 11.7. The summed E-state index contributed by atoms with van der Waals surface area (Å²) in [4.78, 5) is 19.5. The van der Waals surface area contributed by atoms with Crippen molar-refractivity contribution in [2.45, 2.75) is 45.1 Å². The highest BCUT2D eigenvalue weighted by molar-refractivity contribution is 5.89. The minimum atomic E-state index is 0.0261. The van der Waals surface area contributed by atoms with E-state index in [1.165, 1.54) is 31.2 Å². The van der Waals surface area contributed by atoms with Gasteiger partial charge in [0.15, 0.2) is 0 Å². The molecule has 2 aromatic rings. The van der Waals surface area contributed by atoms with Crippen LogP contribution in [0.2, 0.25) is 0 Å². The van der Waals surface area contributed by atoms with Crippen molar-refractivity contribution in [3.8, 4) is 0 Å². The fourth-order valence-electron chi connectivity index (χ4n) is 2.46. The Labute approximate surface area is 143 Å². The Kier molecular flexibility index (Phi) is 8.51. The van der Waals surface area contributed by atoms with Crippen LogP contribution in [-0.4, -0.2) is 22.4 Å².